The molecule has 20 heavy (non-hydrogen) atoms. The van der Waals surface area contributed by atoms with Crippen LogP contribution in [0.4, 0.5) is 10.6 Å². The Morgan fingerprint density at radius 3 is 2.70 bits per heavy atom. The van der Waals surface area contributed by atoms with E-state index in [-0.39, 0.29) is 6.09 Å². The van der Waals surface area contributed by atoms with E-state index in [1.54, 1.807) is 18.3 Å². The Balaban J connectivity index is 1.93. The van der Waals surface area contributed by atoms with Crippen molar-refractivity contribution >= 4 is 11.9 Å². The van der Waals surface area contributed by atoms with Gasteiger partial charge >= 0.3 is 6.09 Å². The summed E-state index contributed by atoms with van der Waals surface area (Å²) in [4.78, 5) is 23.9. The summed E-state index contributed by atoms with van der Waals surface area (Å²) in [6, 6.07) is 1.92. The number of aromatic nitrogens is 2. The highest BCUT2D eigenvalue weighted by molar-refractivity contribution is 5.68. The predicted octanol–water partition coefficient (Wildman–Crippen LogP) is 0.901. The van der Waals surface area contributed by atoms with E-state index in [0.29, 0.717) is 26.3 Å². The van der Waals surface area contributed by atoms with Crippen LogP contribution in [-0.2, 0) is 16.1 Å². The summed E-state index contributed by atoms with van der Waals surface area (Å²) in [5.74, 6) is 0.871. The number of nitrogens with zero attached hydrogens (tertiary/aromatic N) is 4. The third kappa shape index (κ3) is 3.57. The molecule has 0 unspecified atom stereocenters. The van der Waals surface area contributed by atoms with Gasteiger partial charge in [0.25, 0.3) is 0 Å². The highest BCUT2D eigenvalue weighted by Crippen LogP contribution is 2.14. The highest BCUT2D eigenvalue weighted by Gasteiger charge is 2.22. The number of rotatable bonds is 4. The zero-order valence-electron chi connectivity index (χ0n) is 11.9. The lowest BCUT2D eigenvalue weighted by molar-refractivity contribution is 0.105. The summed E-state index contributed by atoms with van der Waals surface area (Å²) >= 11 is 0. The standard InChI is InChI=1S/C13H20N4O3/c1-3-20-13(18)17-6-4-16(5-7-17)12-8-11(9-19-2)14-10-15-12/h8,10H,3-7,9H2,1-2H3. The van der Waals surface area contributed by atoms with E-state index in [9.17, 15) is 4.79 Å². The van der Waals surface area contributed by atoms with Crippen LogP contribution in [0.15, 0.2) is 12.4 Å². The van der Waals surface area contributed by atoms with Crippen molar-refractivity contribution in [1.82, 2.24) is 14.9 Å². The van der Waals surface area contributed by atoms with Crippen molar-refractivity contribution in [2.75, 3.05) is 44.8 Å². The molecule has 1 fully saturated rings. The fourth-order valence-corrected chi connectivity index (χ4v) is 2.12. The summed E-state index contributed by atoms with van der Waals surface area (Å²) in [5, 5.41) is 0. The summed E-state index contributed by atoms with van der Waals surface area (Å²) in [5.41, 5.74) is 0.852. The molecular weight excluding hydrogens is 260 g/mol. The van der Waals surface area contributed by atoms with E-state index in [4.69, 9.17) is 9.47 Å². The lowest BCUT2D eigenvalue weighted by Crippen LogP contribution is -2.49. The van der Waals surface area contributed by atoms with Gasteiger partial charge in [0.05, 0.1) is 18.9 Å². The molecule has 7 heteroatoms. The molecule has 1 aliphatic rings. The maximum atomic E-state index is 11.6. The van der Waals surface area contributed by atoms with Crippen LogP contribution in [0.5, 0.6) is 0 Å². The number of piperazine rings is 1. The smallest absolute Gasteiger partial charge is 0.409 e. The Morgan fingerprint density at radius 2 is 2.05 bits per heavy atom. The van der Waals surface area contributed by atoms with Crippen LogP contribution in [0.3, 0.4) is 0 Å². The number of carbonyl (C=O) groups excluding carboxylic acids is 1. The van der Waals surface area contributed by atoms with E-state index in [1.165, 1.54) is 0 Å². The number of amides is 1. The molecule has 1 aromatic heterocycles. The number of anilines is 1. The van der Waals surface area contributed by atoms with Gasteiger partial charge in [-0.05, 0) is 6.92 Å². The zero-order chi connectivity index (χ0) is 14.4. The minimum Gasteiger partial charge on any atom is -0.450 e. The van der Waals surface area contributed by atoms with Crippen LogP contribution in [0.1, 0.15) is 12.6 Å². The Labute approximate surface area is 118 Å². The van der Waals surface area contributed by atoms with Gasteiger partial charge in [-0.2, -0.15) is 0 Å². The third-order valence-corrected chi connectivity index (χ3v) is 3.13. The monoisotopic (exact) mass is 280 g/mol. The normalized spacial score (nSPS) is 15.3. The van der Waals surface area contributed by atoms with E-state index < -0.39 is 0 Å². The fraction of sp³-hybridized carbons (Fsp3) is 0.615. The van der Waals surface area contributed by atoms with Crippen LogP contribution in [-0.4, -0.2) is 60.9 Å². The van der Waals surface area contributed by atoms with Crippen molar-refractivity contribution in [3.8, 4) is 0 Å². The molecule has 1 aliphatic heterocycles. The highest BCUT2D eigenvalue weighted by atomic mass is 16.6. The van der Waals surface area contributed by atoms with Gasteiger partial charge in [0.2, 0.25) is 0 Å². The molecule has 2 rings (SSSR count). The molecule has 7 nitrogen and oxygen atoms in total. The first-order chi connectivity index (χ1) is 9.74. The molecule has 1 saturated heterocycles. The molecule has 0 radical (unpaired) electrons. The van der Waals surface area contributed by atoms with Crippen molar-refractivity contribution in [3.05, 3.63) is 18.1 Å². The van der Waals surface area contributed by atoms with Gasteiger partial charge in [-0.15, -0.1) is 0 Å². The number of methoxy groups -OCH3 is 1. The third-order valence-electron chi connectivity index (χ3n) is 3.13. The van der Waals surface area contributed by atoms with Crippen molar-refractivity contribution in [3.63, 3.8) is 0 Å². The second-order valence-electron chi connectivity index (χ2n) is 4.47. The van der Waals surface area contributed by atoms with Gasteiger partial charge in [-0.3, -0.25) is 0 Å². The Morgan fingerprint density at radius 1 is 1.30 bits per heavy atom. The van der Waals surface area contributed by atoms with Crippen LogP contribution in [0.25, 0.3) is 0 Å². The summed E-state index contributed by atoms with van der Waals surface area (Å²) in [6.07, 6.45) is 1.30. The molecule has 0 spiro atoms. The largest absolute Gasteiger partial charge is 0.450 e. The first-order valence-electron chi connectivity index (χ1n) is 6.71. The van der Waals surface area contributed by atoms with Crippen molar-refractivity contribution in [2.45, 2.75) is 13.5 Å². The van der Waals surface area contributed by atoms with Gasteiger partial charge in [-0.25, -0.2) is 14.8 Å². The minimum atomic E-state index is -0.241. The van der Waals surface area contributed by atoms with Crippen LogP contribution >= 0.6 is 0 Å². The van der Waals surface area contributed by atoms with Crippen molar-refractivity contribution < 1.29 is 14.3 Å². The Hall–Kier alpha value is -1.89. The second kappa shape index (κ2) is 7.04. The molecule has 110 valence electrons. The average molecular weight is 280 g/mol. The maximum absolute atomic E-state index is 11.6. The number of carbonyl (C=O) groups is 1. The molecule has 0 N–H and O–H groups in total. The summed E-state index contributed by atoms with van der Waals surface area (Å²) in [7, 11) is 1.64. The minimum absolute atomic E-state index is 0.241. The van der Waals surface area contributed by atoms with Gasteiger partial charge in [-0.1, -0.05) is 0 Å². The molecule has 0 bridgehead atoms. The van der Waals surface area contributed by atoms with Gasteiger partial charge in [0.1, 0.15) is 12.1 Å². The molecule has 0 aromatic carbocycles. The van der Waals surface area contributed by atoms with Gasteiger partial charge < -0.3 is 19.3 Å². The van der Waals surface area contributed by atoms with E-state index in [0.717, 1.165) is 24.6 Å². The lowest BCUT2D eigenvalue weighted by atomic mass is 10.3. The van der Waals surface area contributed by atoms with Gasteiger partial charge in [0, 0.05) is 39.4 Å². The topological polar surface area (TPSA) is 67.8 Å². The zero-order valence-corrected chi connectivity index (χ0v) is 11.9. The number of hydrogen-bond donors (Lipinski definition) is 0. The fourth-order valence-electron chi connectivity index (χ4n) is 2.12. The molecule has 0 atom stereocenters. The number of ether oxygens (including phenoxy) is 2. The molecule has 2 heterocycles. The quantitative estimate of drug-likeness (QED) is 0.816. The van der Waals surface area contributed by atoms with Crippen molar-refractivity contribution in [1.29, 1.82) is 0 Å². The number of hydrogen-bond acceptors (Lipinski definition) is 6. The van der Waals surface area contributed by atoms with E-state index >= 15 is 0 Å². The van der Waals surface area contributed by atoms with Crippen LogP contribution in [0, 0.1) is 0 Å². The van der Waals surface area contributed by atoms with Crippen LogP contribution < -0.4 is 4.90 Å². The lowest BCUT2D eigenvalue weighted by Gasteiger charge is -2.34. The summed E-state index contributed by atoms with van der Waals surface area (Å²) < 4.78 is 10.1. The summed E-state index contributed by atoms with van der Waals surface area (Å²) in [6.45, 7) is 5.45. The predicted molar refractivity (Wildman–Crippen MR) is 73.6 cm³/mol. The molecule has 1 amide bonds. The Kier molecular flexibility index (Phi) is 5.11. The molecular formula is C13H20N4O3. The van der Waals surface area contributed by atoms with E-state index in [1.807, 2.05) is 13.0 Å². The first kappa shape index (κ1) is 14.5. The molecule has 0 aliphatic carbocycles. The maximum Gasteiger partial charge on any atom is 0.409 e. The van der Waals surface area contributed by atoms with Crippen LogP contribution in [0.2, 0.25) is 0 Å². The molecule has 0 saturated carbocycles. The second-order valence-corrected chi connectivity index (χ2v) is 4.47. The first-order valence-corrected chi connectivity index (χ1v) is 6.71. The van der Waals surface area contributed by atoms with Crippen molar-refractivity contribution in [2.24, 2.45) is 0 Å². The average Bonchev–Trinajstić information content (AvgIpc) is 2.48. The van der Waals surface area contributed by atoms with Gasteiger partial charge in [0.15, 0.2) is 0 Å². The SMILES string of the molecule is CCOC(=O)N1CCN(c2cc(COC)ncn2)CC1. The Bertz CT molecular complexity index is 447. The van der Waals surface area contributed by atoms with E-state index in [2.05, 4.69) is 14.9 Å². The molecule has 1 aromatic rings.